The van der Waals surface area contributed by atoms with Gasteiger partial charge in [0, 0.05) is 11.3 Å². The van der Waals surface area contributed by atoms with Gasteiger partial charge in [0.1, 0.15) is 6.29 Å². The summed E-state index contributed by atoms with van der Waals surface area (Å²) in [6.07, 6.45) is 0.683. The number of anilines is 1. The maximum atomic E-state index is 12.2. The van der Waals surface area contributed by atoms with Crippen molar-refractivity contribution in [2.75, 3.05) is 4.72 Å². The third-order valence-electron chi connectivity index (χ3n) is 2.93. The zero-order valence-electron chi connectivity index (χ0n) is 11.2. The van der Waals surface area contributed by atoms with Crippen LogP contribution in [0.3, 0.4) is 0 Å². The molecule has 1 N–H and O–H groups in total. The smallest absolute Gasteiger partial charge is 0.261 e. The summed E-state index contributed by atoms with van der Waals surface area (Å²) in [5, 5.41) is 8.85. The van der Waals surface area contributed by atoms with Crippen LogP contribution in [0.15, 0.2) is 47.4 Å². The first-order valence-electron chi connectivity index (χ1n) is 6.05. The molecule has 0 unspecified atom stereocenters. The first-order valence-corrected chi connectivity index (χ1v) is 7.53. The van der Waals surface area contributed by atoms with Crippen molar-refractivity contribution in [3.05, 3.63) is 59.2 Å². The molecular formula is C15H12N2O3S. The van der Waals surface area contributed by atoms with Crippen molar-refractivity contribution in [3.63, 3.8) is 0 Å². The van der Waals surface area contributed by atoms with Crippen LogP contribution >= 0.6 is 0 Å². The molecule has 0 aliphatic carbocycles. The number of aryl methyl sites for hydroxylation is 1. The van der Waals surface area contributed by atoms with Gasteiger partial charge in [0.25, 0.3) is 10.0 Å². The van der Waals surface area contributed by atoms with Crippen molar-refractivity contribution in [2.24, 2.45) is 0 Å². The van der Waals surface area contributed by atoms with Gasteiger partial charge in [-0.1, -0.05) is 0 Å². The average molecular weight is 300 g/mol. The predicted molar refractivity (Wildman–Crippen MR) is 78.5 cm³/mol. The quantitative estimate of drug-likeness (QED) is 0.879. The third kappa shape index (κ3) is 3.27. The van der Waals surface area contributed by atoms with E-state index in [1.165, 1.54) is 42.5 Å². The molecule has 21 heavy (non-hydrogen) atoms. The number of nitrogens with one attached hydrogen (secondary N) is 1. The van der Waals surface area contributed by atoms with Crippen LogP contribution in [-0.4, -0.2) is 14.7 Å². The Balaban J connectivity index is 2.31. The number of carbonyl (C=O) groups excluding carboxylic acids is 1. The number of aldehydes is 1. The number of nitriles is 1. The second kappa shape index (κ2) is 5.77. The fourth-order valence-corrected chi connectivity index (χ4v) is 2.92. The molecule has 6 heteroatoms. The maximum absolute atomic E-state index is 12.2. The van der Waals surface area contributed by atoms with E-state index in [4.69, 9.17) is 5.26 Å². The highest BCUT2D eigenvalue weighted by Gasteiger charge is 2.15. The Kier molecular flexibility index (Phi) is 4.05. The molecule has 0 radical (unpaired) electrons. The van der Waals surface area contributed by atoms with Crippen LogP contribution in [0, 0.1) is 18.3 Å². The third-order valence-corrected chi connectivity index (χ3v) is 4.31. The van der Waals surface area contributed by atoms with E-state index in [0.717, 1.165) is 0 Å². The van der Waals surface area contributed by atoms with Gasteiger partial charge in [0.15, 0.2) is 0 Å². The first-order chi connectivity index (χ1) is 9.96. The van der Waals surface area contributed by atoms with Crippen molar-refractivity contribution >= 4 is 22.0 Å². The van der Waals surface area contributed by atoms with Crippen LogP contribution in [0.5, 0.6) is 0 Å². The molecule has 0 bridgehead atoms. The molecule has 106 valence electrons. The largest absolute Gasteiger partial charge is 0.298 e. The number of carbonyl (C=O) groups is 1. The van der Waals surface area contributed by atoms with Crippen molar-refractivity contribution < 1.29 is 13.2 Å². The molecule has 0 aliphatic rings. The number of benzene rings is 2. The van der Waals surface area contributed by atoms with E-state index in [9.17, 15) is 13.2 Å². The molecular weight excluding hydrogens is 288 g/mol. The summed E-state index contributed by atoms with van der Waals surface area (Å²) in [4.78, 5) is 10.6. The highest BCUT2D eigenvalue weighted by Crippen LogP contribution is 2.19. The Morgan fingerprint density at radius 2 is 1.81 bits per heavy atom. The Morgan fingerprint density at radius 1 is 1.14 bits per heavy atom. The molecule has 0 heterocycles. The second-order valence-corrected chi connectivity index (χ2v) is 6.12. The fourth-order valence-electron chi connectivity index (χ4n) is 1.77. The topological polar surface area (TPSA) is 87.0 Å². The van der Waals surface area contributed by atoms with Gasteiger partial charge in [-0.05, 0) is 55.0 Å². The van der Waals surface area contributed by atoms with Gasteiger partial charge in [0.05, 0.1) is 16.5 Å². The van der Waals surface area contributed by atoms with Crippen LogP contribution in [0.1, 0.15) is 21.5 Å². The standard InChI is InChI=1S/C15H12N2O3S/c1-11-8-15(7-4-13(11)9-16)21(19,20)17-14-5-2-12(10-18)3-6-14/h2-8,10,17H,1H3. The minimum absolute atomic E-state index is 0.0819. The van der Waals surface area contributed by atoms with Crippen molar-refractivity contribution in [1.82, 2.24) is 0 Å². The minimum atomic E-state index is -3.73. The lowest BCUT2D eigenvalue weighted by atomic mass is 10.1. The monoisotopic (exact) mass is 300 g/mol. The van der Waals surface area contributed by atoms with Crippen molar-refractivity contribution in [3.8, 4) is 6.07 Å². The van der Waals surface area contributed by atoms with Crippen LogP contribution in [0.4, 0.5) is 5.69 Å². The van der Waals surface area contributed by atoms with Gasteiger partial charge in [-0.3, -0.25) is 9.52 Å². The summed E-state index contributed by atoms with van der Waals surface area (Å²) in [5.74, 6) is 0. The second-order valence-electron chi connectivity index (χ2n) is 4.43. The van der Waals surface area contributed by atoms with Crippen LogP contribution < -0.4 is 4.72 Å². The summed E-state index contributed by atoms with van der Waals surface area (Å²) in [5.41, 5.74) is 1.86. The predicted octanol–water partition coefficient (Wildman–Crippen LogP) is 2.48. The van der Waals surface area contributed by atoms with E-state index in [2.05, 4.69) is 4.72 Å². The highest BCUT2D eigenvalue weighted by atomic mass is 32.2. The minimum Gasteiger partial charge on any atom is -0.298 e. The lowest BCUT2D eigenvalue weighted by Crippen LogP contribution is -2.13. The zero-order valence-corrected chi connectivity index (χ0v) is 12.0. The molecule has 0 spiro atoms. The van der Waals surface area contributed by atoms with Gasteiger partial charge in [-0.2, -0.15) is 5.26 Å². The van der Waals surface area contributed by atoms with E-state index in [1.807, 2.05) is 6.07 Å². The van der Waals surface area contributed by atoms with E-state index < -0.39 is 10.0 Å². The molecule has 0 aromatic heterocycles. The molecule has 0 saturated heterocycles. The normalized spacial score (nSPS) is 10.7. The lowest BCUT2D eigenvalue weighted by molar-refractivity contribution is 0.112. The molecule has 0 aliphatic heterocycles. The number of nitrogens with zero attached hydrogens (tertiary/aromatic N) is 1. The van der Waals surface area contributed by atoms with Crippen LogP contribution in [0.25, 0.3) is 0 Å². The average Bonchev–Trinajstić information content (AvgIpc) is 2.47. The highest BCUT2D eigenvalue weighted by molar-refractivity contribution is 7.92. The Bertz CT molecular complexity index is 819. The number of hydrogen-bond donors (Lipinski definition) is 1. The molecule has 2 aromatic carbocycles. The van der Waals surface area contributed by atoms with Crippen molar-refractivity contribution in [1.29, 1.82) is 5.26 Å². The first kappa shape index (κ1) is 14.8. The summed E-state index contributed by atoms with van der Waals surface area (Å²) in [6.45, 7) is 1.68. The Hall–Kier alpha value is -2.65. The number of rotatable bonds is 4. The van der Waals surface area contributed by atoms with E-state index >= 15 is 0 Å². The number of hydrogen-bond acceptors (Lipinski definition) is 4. The van der Waals surface area contributed by atoms with Gasteiger partial charge < -0.3 is 0 Å². The van der Waals surface area contributed by atoms with Gasteiger partial charge in [-0.15, -0.1) is 0 Å². The molecule has 0 saturated carbocycles. The molecule has 0 fully saturated rings. The summed E-state index contributed by atoms with van der Waals surface area (Å²) in [6, 6.07) is 12.4. The van der Waals surface area contributed by atoms with E-state index in [0.29, 0.717) is 28.7 Å². The molecule has 0 atom stereocenters. The van der Waals surface area contributed by atoms with Gasteiger partial charge in [0.2, 0.25) is 0 Å². The molecule has 0 amide bonds. The summed E-state index contributed by atoms with van der Waals surface area (Å²) < 4.78 is 26.9. The van der Waals surface area contributed by atoms with Gasteiger partial charge >= 0.3 is 0 Å². The van der Waals surface area contributed by atoms with E-state index in [1.54, 1.807) is 6.92 Å². The molecule has 2 aromatic rings. The lowest BCUT2D eigenvalue weighted by Gasteiger charge is -2.09. The molecule has 5 nitrogen and oxygen atoms in total. The Labute approximate surface area is 122 Å². The maximum Gasteiger partial charge on any atom is 0.261 e. The van der Waals surface area contributed by atoms with Crippen LogP contribution in [0.2, 0.25) is 0 Å². The van der Waals surface area contributed by atoms with E-state index in [-0.39, 0.29) is 4.90 Å². The Morgan fingerprint density at radius 3 is 2.33 bits per heavy atom. The van der Waals surface area contributed by atoms with Gasteiger partial charge in [-0.25, -0.2) is 8.42 Å². The summed E-state index contributed by atoms with van der Waals surface area (Å²) in [7, 11) is -3.73. The molecule has 2 rings (SSSR count). The SMILES string of the molecule is Cc1cc(S(=O)(=O)Nc2ccc(C=O)cc2)ccc1C#N. The zero-order chi connectivity index (χ0) is 15.5. The fraction of sp³-hybridized carbons (Fsp3) is 0.0667. The summed E-state index contributed by atoms with van der Waals surface area (Å²) >= 11 is 0. The van der Waals surface area contributed by atoms with Crippen molar-refractivity contribution in [2.45, 2.75) is 11.8 Å². The number of sulfonamides is 1. The van der Waals surface area contributed by atoms with Crippen LogP contribution in [-0.2, 0) is 10.0 Å².